The number of nitrogen functional groups attached to an aromatic ring is 1. The van der Waals surface area contributed by atoms with Gasteiger partial charge >= 0.3 is 18.3 Å². The van der Waals surface area contributed by atoms with Gasteiger partial charge in [0.15, 0.2) is 5.41 Å². The first kappa shape index (κ1) is 40.7. The molecule has 4 aromatic carbocycles. The first-order valence-corrected chi connectivity index (χ1v) is 16.9. The summed E-state index contributed by atoms with van der Waals surface area (Å²) in [6.07, 6.45) is -5.46. The van der Waals surface area contributed by atoms with Crippen LogP contribution >= 0.6 is 0 Å². The van der Waals surface area contributed by atoms with Crippen molar-refractivity contribution in [3.8, 4) is 23.6 Å². The first-order chi connectivity index (χ1) is 26.5. The minimum Gasteiger partial charge on any atom is -0.480 e. The van der Waals surface area contributed by atoms with Crippen molar-refractivity contribution in [3.05, 3.63) is 142 Å². The second kappa shape index (κ2) is 16.5. The number of carbonyl (C=O) groups is 2. The van der Waals surface area contributed by atoms with Crippen molar-refractivity contribution in [2.45, 2.75) is 56.3 Å². The lowest BCUT2D eigenvalue weighted by atomic mass is 9.98. The number of nitriles is 2. The Balaban J connectivity index is 0.000000183. The van der Waals surface area contributed by atoms with Crippen molar-refractivity contribution in [2.75, 3.05) is 0 Å². The van der Waals surface area contributed by atoms with Crippen molar-refractivity contribution in [3.63, 3.8) is 0 Å². The Hall–Kier alpha value is -6.52. The molecule has 2 aliphatic rings. The lowest BCUT2D eigenvalue weighted by molar-refractivity contribution is -0.141. The third-order valence-electron chi connectivity index (χ3n) is 9.16. The smallest absolute Gasteiger partial charge is 0.416 e. The summed E-state index contributed by atoms with van der Waals surface area (Å²) in [6.45, 7) is 0. The summed E-state index contributed by atoms with van der Waals surface area (Å²) < 4.78 is 81.4. The molecule has 2 saturated carbocycles. The van der Waals surface area contributed by atoms with Crippen LogP contribution in [0.3, 0.4) is 0 Å². The third-order valence-corrected chi connectivity index (χ3v) is 9.16. The van der Waals surface area contributed by atoms with E-state index in [0.29, 0.717) is 72.6 Å². The number of alkyl halides is 6. The highest BCUT2D eigenvalue weighted by Gasteiger charge is 2.51. The summed E-state index contributed by atoms with van der Waals surface area (Å²) in [5.74, 6) is 4.34. The van der Waals surface area contributed by atoms with E-state index in [1.54, 1.807) is 30.3 Å². The fraction of sp³-hybridized carbons (Fsp3) is 0.250. The number of carbonyl (C=O) groups excluding carboxylic acids is 1. The number of benzene rings is 4. The second-order valence-corrected chi connectivity index (χ2v) is 13.1. The molecule has 16 heteroatoms. The molecule has 0 radical (unpaired) electrons. The number of nitrogens with zero attached hydrogens (tertiary/aromatic N) is 4. The van der Waals surface area contributed by atoms with Crippen LogP contribution in [0.4, 0.5) is 26.3 Å². The lowest BCUT2D eigenvalue weighted by Gasteiger charge is -2.10. The van der Waals surface area contributed by atoms with Crippen LogP contribution in [0.15, 0.2) is 101 Å². The Labute approximate surface area is 316 Å². The van der Waals surface area contributed by atoms with Gasteiger partial charge in [0.1, 0.15) is 5.41 Å². The van der Waals surface area contributed by atoms with Crippen LogP contribution in [0.25, 0.3) is 11.5 Å². The Morgan fingerprint density at radius 1 is 0.732 bits per heavy atom. The van der Waals surface area contributed by atoms with Crippen LogP contribution in [0.1, 0.15) is 75.3 Å². The molecule has 0 spiro atoms. The standard InChI is InChI=1S/C20H14F3N3O.C15H13F3N2O.C5H5NO2/c21-20(22,23)15-7-5-13(6-8-15)11-14-3-1-2-4-16(14)17-25-26-18(27-17)19(12-24)9-10-19;16-15(17,18)12-7-5-10(6-8-12)9-11-3-1-2-4-13(11)14(21)20-19;6-3-5(1-2-5)4(7)8/h1-8H,9-11H2;1-8H,9,19H2,(H,20,21);1-2H2,(H,7,8). The number of rotatable bonds is 8. The number of amides is 1. The van der Waals surface area contributed by atoms with Crippen LogP contribution in [0.2, 0.25) is 0 Å². The summed E-state index contributed by atoms with van der Waals surface area (Å²) >= 11 is 0. The number of nitrogens with two attached hydrogens (primary N) is 1. The molecule has 0 bridgehead atoms. The molecule has 1 aromatic heterocycles. The normalized spacial score (nSPS) is 14.7. The van der Waals surface area contributed by atoms with Gasteiger partial charge in [-0.2, -0.15) is 36.9 Å². The average molecular weight is 775 g/mol. The number of nitrogens with one attached hydrogen (secondary N) is 1. The quantitative estimate of drug-likeness (QED) is 0.0607. The number of hydrogen-bond acceptors (Lipinski definition) is 8. The molecule has 0 saturated heterocycles. The molecule has 288 valence electrons. The van der Waals surface area contributed by atoms with Gasteiger partial charge < -0.3 is 9.52 Å². The van der Waals surface area contributed by atoms with E-state index in [9.17, 15) is 41.2 Å². The van der Waals surface area contributed by atoms with Gasteiger partial charge in [0.25, 0.3) is 5.91 Å². The van der Waals surface area contributed by atoms with Crippen molar-refractivity contribution < 1.29 is 45.5 Å². The summed E-state index contributed by atoms with van der Waals surface area (Å²) in [5.41, 5.74) is 3.12. The van der Waals surface area contributed by atoms with E-state index in [-0.39, 0.29) is 0 Å². The fourth-order valence-electron chi connectivity index (χ4n) is 5.44. The molecule has 1 amide bonds. The highest BCUT2D eigenvalue weighted by molar-refractivity contribution is 5.95. The molecule has 1 heterocycles. The summed E-state index contributed by atoms with van der Waals surface area (Å²) in [4.78, 5) is 21.7. The molecule has 0 unspecified atom stereocenters. The zero-order chi connectivity index (χ0) is 40.7. The van der Waals surface area contributed by atoms with Gasteiger partial charge in [0.05, 0.1) is 23.3 Å². The summed E-state index contributed by atoms with van der Waals surface area (Å²) in [7, 11) is 0. The maximum absolute atomic E-state index is 12.7. The molecule has 0 atom stereocenters. The minimum atomic E-state index is -4.35. The molecule has 10 nitrogen and oxygen atoms in total. The number of carboxylic acid groups (broad SMARTS) is 1. The van der Waals surface area contributed by atoms with E-state index >= 15 is 0 Å². The molecular formula is C40H32F6N6O4. The molecule has 2 fully saturated rings. The number of hydrogen-bond donors (Lipinski definition) is 3. The molecule has 56 heavy (non-hydrogen) atoms. The van der Waals surface area contributed by atoms with Gasteiger partial charge in [-0.1, -0.05) is 60.7 Å². The van der Waals surface area contributed by atoms with Gasteiger partial charge in [0, 0.05) is 11.1 Å². The summed E-state index contributed by atoms with van der Waals surface area (Å²) in [5, 5.41) is 33.8. The number of aromatic nitrogens is 2. The maximum Gasteiger partial charge on any atom is 0.416 e. The predicted octanol–water partition coefficient (Wildman–Crippen LogP) is 8.18. The molecule has 7 rings (SSSR count). The highest BCUT2D eigenvalue weighted by atomic mass is 19.4. The van der Waals surface area contributed by atoms with Crippen molar-refractivity contribution in [1.82, 2.24) is 15.6 Å². The van der Waals surface area contributed by atoms with Crippen molar-refractivity contribution in [1.29, 1.82) is 10.5 Å². The Kier molecular flexibility index (Phi) is 12.0. The zero-order valence-corrected chi connectivity index (χ0v) is 29.3. The molecule has 5 aromatic rings. The van der Waals surface area contributed by atoms with Gasteiger partial charge in [-0.15, -0.1) is 10.2 Å². The average Bonchev–Trinajstić information content (AvgIpc) is 4.11. The van der Waals surface area contributed by atoms with Crippen LogP contribution in [0, 0.1) is 28.1 Å². The maximum atomic E-state index is 12.7. The van der Waals surface area contributed by atoms with E-state index in [0.717, 1.165) is 35.4 Å². The molecule has 0 aliphatic heterocycles. The zero-order valence-electron chi connectivity index (χ0n) is 29.3. The molecule has 2 aliphatic carbocycles. The first-order valence-electron chi connectivity index (χ1n) is 16.9. The van der Waals surface area contributed by atoms with Gasteiger partial charge in [-0.25, -0.2) is 5.84 Å². The number of carboxylic acids is 1. The van der Waals surface area contributed by atoms with Crippen molar-refractivity contribution >= 4 is 11.9 Å². The summed E-state index contributed by atoms with van der Waals surface area (Å²) in [6, 6.07) is 28.1. The topological polar surface area (TPSA) is 179 Å². The van der Waals surface area contributed by atoms with E-state index in [4.69, 9.17) is 20.6 Å². The van der Waals surface area contributed by atoms with E-state index in [1.807, 2.05) is 29.7 Å². The molecule has 4 N–H and O–H groups in total. The largest absolute Gasteiger partial charge is 0.480 e. The van der Waals surface area contributed by atoms with E-state index < -0.39 is 46.2 Å². The van der Waals surface area contributed by atoms with Crippen LogP contribution in [-0.4, -0.2) is 27.2 Å². The van der Waals surface area contributed by atoms with Crippen LogP contribution in [0.5, 0.6) is 0 Å². The number of halogens is 6. The fourth-order valence-corrected chi connectivity index (χ4v) is 5.44. The predicted molar refractivity (Wildman–Crippen MR) is 188 cm³/mol. The van der Waals surface area contributed by atoms with E-state index in [2.05, 4.69) is 16.3 Å². The van der Waals surface area contributed by atoms with Crippen molar-refractivity contribution in [2.24, 2.45) is 11.3 Å². The monoisotopic (exact) mass is 774 g/mol. The van der Waals surface area contributed by atoms with Gasteiger partial charge in [-0.3, -0.25) is 15.0 Å². The number of aliphatic carboxylic acids is 1. The van der Waals surface area contributed by atoms with Crippen LogP contribution in [-0.2, 0) is 35.4 Å². The SMILES string of the molecule is N#CC1(C(=O)O)CC1.N#CC1(c2nnc(-c3ccccc3Cc3ccc(C(F)(F)F)cc3)o2)CC1.NNC(=O)c1ccccc1Cc1ccc(C(F)(F)F)cc1. The third kappa shape index (κ3) is 9.77. The van der Waals surface area contributed by atoms with Gasteiger partial charge in [0.2, 0.25) is 11.8 Å². The molecular weight excluding hydrogens is 742 g/mol. The number of hydrazine groups is 1. The minimum absolute atomic E-state index is 0.314. The Morgan fingerprint density at radius 2 is 1.23 bits per heavy atom. The van der Waals surface area contributed by atoms with Crippen LogP contribution < -0.4 is 11.3 Å². The Morgan fingerprint density at radius 3 is 1.66 bits per heavy atom. The van der Waals surface area contributed by atoms with E-state index in [1.165, 1.54) is 24.3 Å². The van der Waals surface area contributed by atoms with Gasteiger partial charge in [-0.05, 0) is 97.2 Å². The Bertz CT molecular complexity index is 2270. The highest BCUT2D eigenvalue weighted by Crippen LogP contribution is 2.47. The second-order valence-electron chi connectivity index (χ2n) is 13.1. The lowest BCUT2D eigenvalue weighted by Crippen LogP contribution is -2.30.